The van der Waals surface area contributed by atoms with E-state index in [2.05, 4.69) is 9.38 Å². The first-order chi connectivity index (χ1) is 15.9. The largest absolute Gasteiger partial charge is 0.487 e. The summed E-state index contributed by atoms with van der Waals surface area (Å²) in [4.78, 5) is 28.5. The van der Waals surface area contributed by atoms with Crippen LogP contribution >= 0.6 is 0 Å². The molecule has 2 unspecified atom stereocenters. The Labute approximate surface area is 194 Å². The van der Waals surface area contributed by atoms with E-state index in [-0.39, 0.29) is 19.0 Å². The first kappa shape index (κ1) is 23.5. The molecule has 15 heteroatoms. The number of nitrogens with one attached hydrogen (secondary N) is 1. The molecule has 2 atom stereocenters. The summed E-state index contributed by atoms with van der Waals surface area (Å²) in [5.74, 6) is -0.0512. The van der Waals surface area contributed by atoms with Crippen molar-refractivity contribution in [3.8, 4) is 5.75 Å². The highest BCUT2D eigenvalue weighted by Crippen LogP contribution is 2.46. The number of urea groups is 1. The molecule has 3 heterocycles. The summed E-state index contributed by atoms with van der Waals surface area (Å²) >= 11 is 0. The van der Waals surface area contributed by atoms with E-state index in [1.165, 1.54) is 28.6 Å². The van der Waals surface area contributed by atoms with Crippen LogP contribution in [0.3, 0.4) is 0 Å². The van der Waals surface area contributed by atoms with Crippen LogP contribution in [0.5, 0.6) is 5.75 Å². The first-order valence-corrected chi connectivity index (χ1v) is 11.4. The molecule has 0 aliphatic carbocycles. The SMILES string of the molecule is CN(C)C(=O)C1c2c(c(COc3ccc(C(=N)N)cc3)nn2C)C2CN1C(=O)N2OS(=O)(=O)O. The molecule has 2 bridgehead atoms. The van der Waals surface area contributed by atoms with Gasteiger partial charge in [-0.1, -0.05) is 0 Å². The predicted molar refractivity (Wildman–Crippen MR) is 116 cm³/mol. The molecule has 0 saturated carbocycles. The summed E-state index contributed by atoms with van der Waals surface area (Å²) in [6, 6.07) is 3.57. The van der Waals surface area contributed by atoms with Crippen LogP contribution in [0.2, 0.25) is 0 Å². The van der Waals surface area contributed by atoms with Crippen molar-refractivity contribution in [2.24, 2.45) is 12.8 Å². The molecule has 0 spiro atoms. The molecule has 1 aromatic heterocycles. The lowest BCUT2D eigenvalue weighted by Gasteiger charge is -2.32. The van der Waals surface area contributed by atoms with Crippen molar-refractivity contribution in [3.05, 3.63) is 46.8 Å². The molecule has 3 amide bonds. The number of hydrogen-bond acceptors (Lipinski definition) is 8. The highest BCUT2D eigenvalue weighted by Gasteiger charge is 2.55. The standard InChI is InChI=1S/C19H23N7O7S/c1-23(2)18(27)16-15-14(13-8-25(16)19(28)26(13)33-34(29,30)31)12(22-24(15)3)9-32-11-6-4-10(5-7-11)17(20)21/h4-7,13,16H,8-9H2,1-3H3,(H3,20,21)(H,29,30,31). The number of ether oxygens (including phenoxy) is 1. The van der Waals surface area contributed by atoms with E-state index in [1.54, 1.807) is 31.3 Å². The summed E-state index contributed by atoms with van der Waals surface area (Å²) in [5, 5.41) is 12.4. The van der Waals surface area contributed by atoms with Gasteiger partial charge < -0.3 is 20.3 Å². The molecule has 0 radical (unpaired) electrons. The molecule has 2 aromatic rings. The zero-order valence-corrected chi connectivity index (χ0v) is 19.3. The van der Waals surface area contributed by atoms with Crippen molar-refractivity contribution in [1.82, 2.24) is 24.6 Å². The van der Waals surface area contributed by atoms with Crippen molar-refractivity contribution in [1.29, 1.82) is 5.41 Å². The number of amidine groups is 1. The second-order valence-corrected chi connectivity index (χ2v) is 9.01. The zero-order valence-electron chi connectivity index (χ0n) is 18.5. The number of amides is 3. The van der Waals surface area contributed by atoms with Crippen LogP contribution in [0.25, 0.3) is 0 Å². The Morgan fingerprint density at radius 2 is 1.97 bits per heavy atom. The number of fused-ring (bicyclic) bond motifs is 4. The van der Waals surface area contributed by atoms with Crippen molar-refractivity contribution >= 4 is 28.2 Å². The molecule has 1 fully saturated rings. The molecular formula is C19H23N7O7S. The van der Waals surface area contributed by atoms with Gasteiger partial charge in [0, 0.05) is 32.3 Å². The van der Waals surface area contributed by atoms with Crippen LogP contribution < -0.4 is 10.5 Å². The predicted octanol–water partition coefficient (Wildman–Crippen LogP) is -0.0608. The Morgan fingerprint density at radius 1 is 1.32 bits per heavy atom. The monoisotopic (exact) mass is 493 g/mol. The average Bonchev–Trinajstić information content (AvgIpc) is 3.22. The van der Waals surface area contributed by atoms with Crippen LogP contribution in [0.1, 0.15) is 34.6 Å². The minimum absolute atomic E-state index is 0.0579. The summed E-state index contributed by atoms with van der Waals surface area (Å²) < 4.78 is 43.9. The number of benzene rings is 1. The van der Waals surface area contributed by atoms with E-state index < -0.39 is 34.4 Å². The normalized spacial score (nSPS) is 19.2. The Kier molecular flexibility index (Phi) is 5.71. The smallest absolute Gasteiger partial charge is 0.418 e. The van der Waals surface area contributed by atoms with Gasteiger partial charge in [0.15, 0.2) is 6.04 Å². The highest BCUT2D eigenvalue weighted by molar-refractivity contribution is 7.80. The number of nitrogen functional groups attached to an aromatic ring is 1. The van der Waals surface area contributed by atoms with Gasteiger partial charge in [0.25, 0.3) is 5.91 Å². The number of nitrogens with zero attached hydrogens (tertiary/aromatic N) is 5. The Morgan fingerprint density at radius 3 is 2.53 bits per heavy atom. The van der Waals surface area contributed by atoms with Gasteiger partial charge in [-0.3, -0.25) is 19.4 Å². The molecule has 14 nitrogen and oxygen atoms in total. The third kappa shape index (κ3) is 4.04. The summed E-state index contributed by atoms with van der Waals surface area (Å²) in [7, 11) is -0.342. The molecule has 2 aliphatic rings. The lowest BCUT2D eigenvalue weighted by atomic mass is 9.94. The zero-order chi connectivity index (χ0) is 24.9. The van der Waals surface area contributed by atoms with Crippen molar-refractivity contribution in [2.45, 2.75) is 18.7 Å². The Balaban J connectivity index is 1.73. The second kappa shape index (κ2) is 8.27. The fourth-order valence-corrected chi connectivity index (χ4v) is 4.51. The van der Waals surface area contributed by atoms with Crippen LogP contribution in [0, 0.1) is 5.41 Å². The molecule has 2 aliphatic heterocycles. The van der Waals surface area contributed by atoms with Crippen molar-refractivity contribution in [2.75, 3.05) is 20.6 Å². The topological polar surface area (TPSA) is 184 Å². The Bertz CT molecular complexity index is 1270. The van der Waals surface area contributed by atoms with Crippen LogP contribution in [0.15, 0.2) is 24.3 Å². The lowest BCUT2D eigenvalue weighted by molar-refractivity contribution is -0.134. The van der Waals surface area contributed by atoms with Gasteiger partial charge in [-0.2, -0.15) is 18.6 Å². The minimum atomic E-state index is -5.01. The van der Waals surface area contributed by atoms with Crippen LogP contribution in [-0.4, -0.2) is 76.0 Å². The van der Waals surface area contributed by atoms with E-state index in [1.807, 2.05) is 0 Å². The molecule has 1 saturated heterocycles. The maximum Gasteiger partial charge on any atom is 0.418 e. The molecule has 4 rings (SSSR count). The minimum Gasteiger partial charge on any atom is -0.487 e. The van der Waals surface area contributed by atoms with E-state index >= 15 is 0 Å². The van der Waals surface area contributed by atoms with E-state index in [0.29, 0.717) is 33.3 Å². The van der Waals surface area contributed by atoms with Gasteiger partial charge in [0.1, 0.15) is 29.9 Å². The quantitative estimate of drug-likeness (QED) is 0.270. The maximum atomic E-state index is 13.0. The molecule has 34 heavy (non-hydrogen) atoms. The van der Waals surface area contributed by atoms with E-state index in [4.69, 9.17) is 15.9 Å². The molecule has 4 N–H and O–H groups in total. The number of hydroxylamine groups is 2. The number of hydrogen-bond donors (Lipinski definition) is 3. The molecule has 1 aromatic carbocycles. The van der Waals surface area contributed by atoms with Gasteiger partial charge in [-0.05, 0) is 24.3 Å². The summed E-state index contributed by atoms with van der Waals surface area (Å²) in [6.07, 6.45) is 0. The summed E-state index contributed by atoms with van der Waals surface area (Å²) in [5.41, 5.74) is 7.12. The lowest BCUT2D eigenvalue weighted by Crippen LogP contribution is -2.44. The van der Waals surface area contributed by atoms with Crippen LogP contribution in [-0.2, 0) is 33.1 Å². The number of rotatable bonds is 7. The fourth-order valence-electron chi connectivity index (χ4n) is 4.14. The summed E-state index contributed by atoms with van der Waals surface area (Å²) in [6.45, 7) is -0.131. The fraction of sp³-hybridized carbons (Fsp3) is 0.368. The molecule has 182 valence electrons. The average molecular weight is 494 g/mol. The van der Waals surface area contributed by atoms with Crippen molar-refractivity contribution < 1.29 is 31.6 Å². The first-order valence-electron chi connectivity index (χ1n) is 10.00. The highest BCUT2D eigenvalue weighted by atomic mass is 32.3. The number of nitrogens with two attached hydrogens (primary N) is 1. The van der Waals surface area contributed by atoms with Gasteiger partial charge in [0.2, 0.25) is 0 Å². The number of aromatic nitrogens is 2. The number of aryl methyl sites for hydroxylation is 1. The van der Waals surface area contributed by atoms with Gasteiger partial charge in [0.05, 0.1) is 12.2 Å². The van der Waals surface area contributed by atoms with Crippen molar-refractivity contribution in [3.63, 3.8) is 0 Å². The second-order valence-electron chi connectivity index (χ2n) is 8.01. The van der Waals surface area contributed by atoms with Crippen LogP contribution in [0.4, 0.5) is 4.79 Å². The number of carbonyl (C=O) groups excluding carboxylic acids is 2. The number of likely N-dealkylation sites (N-methyl/N-ethyl adjacent to an activating group) is 1. The van der Waals surface area contributed by atoms with E-state index in [9.17, 15) is 22.6 Å². The molecular weight excluding hydrogens is 470 g/mol. The Hall–Kier alpha value is -3.69. The van der Waals surface area contributed by atoms with Gasteiger partial charge >= 0.3 is 16.4 Å². The van der Waals surface area contributed by atoms with Gasteiger partial charge in [-0.25, -0.2) is 4.79 Å². The number of carbonyl (C=O) groups is 2. The third-order valence-corrected chi connectivity index (χ3v) is 5.94. The maximum absolute atomic E-state index is 13.0. The van der Waals surface area contributed by atoms with E-state index in [0.717, 1.165) is 0 Å². The van der Waals surface area contributed by atoms with Gasteiger partial charge in [-0.15, -0.1) is 4.28 Å². The third-order valence-electron chi connectivity index (χ3n) is 5.59.